The summed E-state index contributed by atoms with van der Waals surface area (Å²) in [6.45, 7) is 4.85. The second-order valence-corrected chi connectivity index (χ2v) is 11.6. The average molecular weight is 571 g/mol. The number of nitrogens with zero attached hydrogens (tertiary/aromatic N) is 5. The number of fused-ring (bicyclic) bond motifs is 1. The highest BCUT2D eigenvalue weighted by Crippen LogP contribution is 2.21. The van der Waals surface area contributed by atoms with Crippen molar-refractivity contribution in [2.45, 2.75) is 38.9 Å². The summed E-state index contributed by atoms with van der Waals surface area (Å²) in [5.74, 6) is 0.00895. The van der Waals surface area contributed by atoms with Crippen LogP contribution in [0.1, 0.15) is 27.2 Å². The average Bonchev–Trinajstić information content (AvgIpc) is 3.31. The van der Waals surface area contributed by atoms with Gasteiger partial charge in [0.1, 0.15) is 11.4 Å². The molecule has 0 saturated heterocycles. The Balaban J connectivity index is 1.43. The molecule has 0 aliphatic rings. The summed E-state index contributed by atoms with van der Waals surface area (Å²) in [4.78, 5) is 25.0. The van der Waals surface area contributed by atoms with Gasteiger partial charge in [0.25, 0.3) is 0 Å². The number of carbonyl (C=O) groups is 1. The zero-order valence-electron chi connectivity index (χ0n) is 22.1. The molecule has 1 amide bonds. The number of aliphatic hydroxyl groups is 2. The molecule has 1 aromatic carbocycles. The van der Waals surface area contributed by atoms with Gasteiger partial charge in [0, 0.05) is 11.9 Å². The van der Waals surface area contributed by atoms with Crippen LogP contribution >= 0.6 is 0 Å². The summed E-state index contributed by atoms with van der Waals surface area (Å²) < 4.78 is 33.5. The van der Waals surface area contributed by atoms with Crippen molar-refractivity contribution >= 4 is 50.3 Å². The highest BCUT2D eigenvalue weighted by molar-refractivity contribution is 7.92. The van der Waals surface area contributed by atoms with Gasteiger partial charge in [-0.15, -0.1) is 0 Å². The minimum atomic E-state index is -3.74. The van der Waals surface area contributed by atoms with Crippen LogP contribution in [-0.2, 0) is 14.8 Å². The van der Waals surface area contributed by atoms with E-state index >= 15 is 0 Å². The maximum atomic E-state index is 12.1. The van der Waals surface area contributed by atoms with Gasteiger partial charge >= 0.3 is 6.09 Å². The first-order valence-electron chi connectivity index (χ1n) is 12.2. The molecule has 5 N–H and O–H groups in total. The van der Waals surface area contributed by atoms with E-state index in [9.17, 15) is 18.3 Å². The molecule has 0 aliphatic heterocycles. The number of hydrogen-bond acceptors (Lipinski definition) is 11. The number of anilines is 4. The molecule has 40 heavy (non-hydrogen) atoms. The second-order valence-electron chi connectivity index (χ2n) is 9.81. The third-order valence-corrected chi connectivity index (χ3v) is 6.57. The number of nitrogens with one attached hydrogen (secondary N) is 3. The highest BCUT2D eigenvalue weighted by Gasteiger charge is 2.17. The maximum absolute atomic E-state index is 12.1. The lowest BCUT2D eigenvalue weighted by molar-refractivity contribution is 0.0636. The zero-order chi connectivity index (χ0) is 28.9. The van der Waals surface area contributed by atoms with Crippen LogP contribution in [0.25, 0.3) is 16.7 Å². The fraction of sp³-hybridized carbons (Fsp3) is 0.320. The molecule has 14 nitrogen and oxygen atoms in total. The van der Waals surface area contributed by atoms with Crippen molar-refractivity contribution in [2.24, 2.45) is 0 Å². The molecular formula is C25H30N8O6S. The fourth-order valence-electron chi connectivity index (χ4n) is 3.42. The molecule has 0 aliphatic carbocycles. The second kappa shape index (κ2) is 11.8. The van der Waals surface area contributed by atoms with Crippen LogP contribution in [0.15, 0.2) is 55.0 Å². The van der Waals surface area contributed by atoms with Gasteiger partial charge in [-0.3, -0.25) is 10.0 Å². The summed E-state index contributed by atoms with van der Waals surface area (Å²) >= 11 is 0. The Morgan fingerprint density at radius 3 is 2.42 bits per heavy atom. The first-order chi connectivity index (χ1) is 18.9. The van der Waals surface area contributed by atoms with Crippen LogP contribution in [0, 0.1) is 0 Å². The molecule has 15 heteroatoms. The summed E-state index contributed by atoms with van der Waals surface area (Å²) in [5, 5.41) is 29.0. The molecule has 0 spiro atoms. The van der Waals surface area contributed by atoms with Crippen molar-refractivity contribution in [3.63, 3.8) is 0 Å². The molecule has 0 saturated carbocycles. The summed E-state index contributed by atoms with van der Waals surface area (Å²) in [5.41, 5.74) is 1.71. The smallest absolute Gasteiger partial charge is 0.412 e. The van der Waals surface area contributed by atoms with Crippen LogP contribution in [0.3, 0.4) is 0 Å². The number of rotatable bonds is 10. The number of sulfonamides is 1. The lowest BCUT2D eigenvalue weighted by atomic mass is 10.2. The van der Waals surface area contributed by atoms with Gasteiger partial charge in [-0.05, 0) is 63.6 Å². The number of aliphatic hydroxyl groups excluding tert-OH is 2. The van der Waals surface area contributed by atoms with E-state index in [0.29, 0.717) is 28.1 Å². The normalized spacial score (nSPS) is 12.6. The Morgan fingerprint density at radius 1 is 1.05 bits per heavy atom. The molecular weight excluding hydrogens is 540 g/mol. The molecule has 3 aromatic heterocycles. The minimum absolute atomic E-state index is 0.100. The van der Waals surface area contributed by atoms with Crippen LogP contribution in [0.5, 0.6) is 0 Å². The first kappa shape index (κ1) is 28.7. The van der Waals surface area contributed by atoms with Crippen LogP contribution in [-0.4, -0.2) is 73.5 Å². The number of hydrogen-bond donors (Lipinski definition) is 5. The highest BCUT2D eigenvalue weighted by atomic mass is 32.2. The maximum Gasteiger partial charge on any atom is 0.412 e. The standard InChI is InChI=1S/C25H30N8O6S/c1-25(2,3)39-24(36)30-17-4-7-19(8-5-17)33-22-16(13-28-33)12-27-23(31-22)29-18-6-9-21(26-14-18)32-40(37,38)11-10-20(35)15-34/h4-9,12-14,20,34-35H,10-11,15H2,1-3H3,(H,26,32)(H,30,36)(H,27,29,31). The van der Waals surface area contributed by atoms with E-state index in [2.05, 4.69) is 35.4 Å². The van der Waals surface area contributed by atoms with E-state index in [0.717, 1.165) is 0 Å². The van der Waals surface area contributed by atoms with Crippen molar-refractivity contribution in [3.05, 3.63) is 55.0 Å². The molecule has 0 radical (unpaired) electrons. The zero-order valence-corrected chi connectivity index (χ0v) is 22.9. The van der Waals surface area contributed by atoms with E-state index in [1.165, 1.54) is 12.3 Å². The van der Waals surface area contributed by atoms with E-state index in [-0.39, 0.29) is 23.9 Å². The number of carbonyl (C=O) groups excluding carboxylic acids is 1. The topological polar surface area (TPSA) is 193 Å². The third kappa shape index (κ3) is 7.84. The fourth-order valence-corrected chi connectivity index (χ4v) is 4.55. The number of amides is 1. The van der Waals surface area contributed by atoms with E-state index in [1.807, 2.05) is 0 Å². The first-order valence-corrected chi connectivity index (χ1v) is 13.9. The Kier molecular flexibility index (Phi) is 8.46. The van der Waals surface area contributed by atoms with Crippen molar-refractivity contribution < 1.29 is 28.2 Å². The monoisotopic (exact) mass is 570 g/mol. The van der Waals surface area contributed by atoms with Crippen LogP contribution < -0.4 is 15.4 Å². The molecule has 1 unspecified atom stereocenters. The SMILES string of the molecule is CC(C)(C)OC(=O)Nc1ccc(-n2ncc3cnc(Nc4ccc(NS(=O)(=O)CCC(O)CO)nc4)nc32)cc1. The van der Waals surface area contributed by atoms with Gasteiger partial charge in [-0.25, -0.2) is 27.9 Å². The molecule has 4 aromatic rings. The third-order valence-electron chi connectivity index (χ3n) is 5.28. The Bertz CT molecular complexity index is 1570. The van der Waals surface area contributed by atoms with Gasteiger partial charge in [0.05, 0.1) is 47.6 Å². The predicted molar refractivity (Wildman–Crippen MR) is 149 cm³/mol. The van der Waals surface area contributed by atoms with Gasteiger partial charge < -0.3 is 20.3 Å². The Hall–Kier alpha value is -4.34. The largest absolute Gasteiger partial charge is 0.444 e. The number of benzene rings is 1. The van der Waals surface area contributed by atoms with Gasteiger partial charge in [-0.1, -0.05) is 0 Å². The molecule has 1 atom stereocenters. The minimum Gasteiger partial charge on any atom is -0.444 e. The summed E-state index contributed by atoms with van der Waals surface area (Å²) in [7, 11) is -3.74. The lowest BCUT2D eigenvalue weighted by Crippen LogP contribution is -2.27. The number of pyridine rings is 1. The van der Waals surface area contributed by atoms with Crippen molar-refractivity contribution in [3.8, 4) is 5.69 Å². The molecule has 0 bridgehead atoms. The molecule has 4 rings (SSSR count). The van der Waals surface area contributed by atoms with Gasteiger partial charge in [0.2, 0.25) is 16.0 Å². The Morgan fingerprint density at radius 2 is 1.77 bits per heavy atom. The van der Waals surface area contributed by atoms with Crippen LogP contribution in [0.4, 0.5) is 27.9 Å². The molecule has 3 heterocycles. The Labute approximate surface area is 230 Å². The van der Waals surface area contributed by atoms with E-state index in [4.69, 9.17) is 9.84 Å². The van der Waals surface area contributed by atoms with Crippen molar-refractivity contribution in [2.75, 3.05) is 27.7 Å². The summed E-state index contributed by atoms with van der Waals surface area (Å²) in [6.07, 6.45) is 2.91. The van der Waals surface area contributed by atoms with Crippen molar-refractivity contribution in [1.29, 1.82) is 0 Å². The number of aromatic nitrogens is 5. The van der Waals surface area contributed by atoms with E-state index in [1.54, 1.807) is 68.2 Å². The lowest BCUT2D eigenvalue weighted by Gasteiger charge is -2.19. The summed E-state index contributed by atoms with van der Waals surface area (Å²) in [6, 6.07) is 10.1. The number of ether oxygens (including phenoxy) is 1. The van der Waals surface area contributed by atoms with E-state index < -0.39 is 34.4 Å². The van der Waals surface area contributed by atoms with Crippen molar-refractivity contribution in [1.82, 2.24) is 24.7 Å². The molecule has 0 fully saturated rings. The molecule has 212 valence electrons. The van der Waals surface area contributed by atoms with Gasteiger partial charge in [0.15, 0.2) is 5.65 Å². The van der Waals surface area contributed by atoms with Gasteiger partial charge in [-0.2, -0.15) is 10.1 Å². The predicted octanol–water partition coefficient (Wildman–Crippen LogP) is 2.79. The quantitative estimate of drug-likeness (QED) is 0.188. The van der Waals surface area contributed by atoms with Crippen LogP contribution in [0.2, 0.25) is 0 Å².